The molecule has 2 N–H and O–H groups in total. The number of aromatic amines is 1. The fraction of sp³-hybridized carbons (Fsp3) is 0.0625. The minimum atomic E-state index is -0.656. The van der Waals surface area contributed by atoms with Crippen molar-refractivity contribution < 1.29 is 14.8 Å². The van der Waals surface area contributed by atoms with Crippen molar-refractivity contribution in [1.29, 1.82) is 0 Å². The molecule has 9 nitrogen and oxygen atoms in total. The second-order valence-electron chi connectivity index (χ2n) is 5.04. The number of nitrogens with zero attached hydrogens (tertiary/aromatic N) is 3. The number of benzene rings is 2. The average Bonchev–Trinajstić information content (AvgIpc) is 2.61. The van der Waals surface area contributed by atoms with Crippen LogP contribution in [-0.4, -0.2) is 22.1 Å². The lowest BCUT2D eigenvalue weighted by molar-refractivity contribution is -0.384. The normalized spacial score (nSPS) is 11.1. The van der Waals surface area contributed by atoms with Gasteiger partial charge in [-0.05, 0) is 30.3 Å². The Balaban J connectivity index is 2.06. The minimum absolute atomic E-state index is 0.109. The molecule has 3 aromatic rings. The number of fused-ring (bicyclic) bond motifs is 1. The van der Waals surface area contributed by atoms with Gasteiger partial charge in [0.25, 0.3) is 11.2 Å². The summed E-state index contributed by atoms with van der Waals surface area (Å²) in [5, 5.41) is 28.9. The van der Waals surface area contributed by atoms with Crippen LogP contribution in [0.2, 0.25) is 0 Å². The summed E-state index contributed by atoms with van der Waals surface area (Å²) in [4.78, 5) is 24.9. The maximum Gasteiger partial charge on any atom is 0.280 e. The summed E-state index contributed by atoms with van der Waals surface area (Å²) in [6, 6.07) is 10.3. The highest BCUT2D eigenvalue weighted by molar-refractivity contribution is 5.90. The number of aromatic nitrogens is 1. The fourth-order valence-electron chi connectivity index (χ4n) is 2.22. The molecule has 0 atom stereocenters. The van der Waals surface area contributed by atoms with E-state index in [2.05, 4.69) is 15.2 Å². The molecule has 9 heteroatoms. The van der Waals surface area contributed by atoms with Gasteiger partial charge in [0.1, 0.15) is 5.75 Å². The van der Waals surface area contributed by atoms with E-state index in [-0.39, 0.29) is 22.3 Å². The summed E-state index contributed by atoms with van der Waals surface area (Å²) in [6.07, 6.45) is 0. The Bertz CT molecular complexity index is 1040. The van der Waals surface area contributed by atoms with Gasteiger partial charge < -0.3 is 14.8 Å². The van der Waals surface area contributed by atoms with Gasteiger partial charge >= 0.3 is 0 Å². The first-order valence-electron chi connectivity index (χ1n) is 7.09. The van der Waals surface area contributed by atoms with E-state index < -0.39 is 16.2 Å². The lowest BCUT2D eigenvalue weighted by Gasteiger charge is -2.03. The van der Waals surface area contributed by atoms with E-state index in [1.54, 1.807) is 24.3 Å². The molecule has 0 aliphatic rings. The average molecular weight is 340 g/mol. The number of non-ortho nitro benzene ring substituents is 1. The molecule has 0 saturated heterocycles. The highest BCUT2D eigenvalue weighted by Crippen LogP contribution is 2.33. The molecule has 0 aliphatic carbocycles. The van der Waals surface area contributed by atoms with Gasteiger partial charge in [-0.1, -0.05) is 0 Å². The van der Waals surface area contributed by atoms with Gasteiger partial charge in [-0.3, -0.25) is 14.9 Å². The van der Waals surface area contributed by atoms with Crippen LogP contribution in [0.3, 0.4) is 0 Å². The van der Waals surface area contributed by atoms with E-state index in [4.69, 9.17) is 4.74 Å². The summed E-state index contributed by atoms with van der Waals surface area (Å²) >= 11 is 0. The number of rotatable bonds is 4. The fourth-order valence-corrected chi connectivity index (χ4v) is 2.22. The van der Waals surface area contributed by atoms with Crippen LogP contribution in [-0.2, 0) is 0 Å². The SMILES string of the molecule is COc1ccc(N=Nc2c(O)c3cc([N+](=O)[O-])ccc3[nH]c2=O)cc1. The number of nitrogens with one attached hydrogen (secondary N) is 1. The molecule has 0 saturated carbocycles. The number of pyridine rings is 1. The molecule has 0 radical (unpaired) electrons. The summed E-state index contributed by atoms with van der Waals surface area (Å²) in [7, 11) is 1.53. The number of azo groups is 1. The Morgan fingerprint density at radius 1 is 1.16 bits per heavy atom. The first kappa shape index (κ1) is 16.1. The predicted molar refractivity (Wildman–Crippen MR) is 90.1 cm³/mol. The zero-order chi connectivity index (χ0) is 18.0. The Kier molecular flexibility index (Phi) is 4.12. The van der Waals surface area contributed by atoms with Crippen LogP contribution in [0.4, 0.5) is 17.1 Å². The van der Waals surface area contributed by atoms with Gasteiger partial charge in [0.2, 0.25) is 0 Å². The maximum absolute atomic E-state index is 12.1. The highest BCUT2D eigenvalue weighted by atomic mass is 16.6. The molecule has 0 fully saturated rings. The van der Waals surface area contributed by atoms with Crippen molar-refractivity contribution in [2.45, 2.75) is 0 Å². The van der Waals surface area contributed by atoms with Crippen molar-refractivity contribution in [3.63, 3.8) is 0 Å². The van der Waals surface area contributed by atoms with Crippen molar-refractivity contribution in [3.05, 3.63) is 62.9 Å². The standard InChI is InChI=1S/C16H12N4O5/c1-25-11-5-2-9(3-6-11)18-19-14-15(21)12-8-10(20(23)24)4-7-13(12)17-16(14)22/h2-8H,1H3,(H2,17,21,22). The number of methoxy groups -OCH3 is 1. The molecule has 2 aromatic carbocycles. The zero-order valence-electron chi connectivity index (χ0n) is 13.0. The minimum Gasteiger partial charge on any atom is -0.505 e. The van der Waals surface area contributed by atoms with E-state index in [1.165, 1.54) is 19.2 Å². The Morgan fingerprint density at radius 2 is 1.88 bits per heavy atom. The van der Waals surface area contributed by atoms with Gasteiger partial charge in [-0.15, -0.1) is 5.11 Å². The third kappa shape index (κ3) is 3.15. The van der Waals surface area contributed by atoms with Gasteiger partial charge in [0.15, 0.2) is 11.4 Å². The van der Waals surface area contributed by atoms with Crippen molar-refractivity contribution in [3.8, 4) is 11.5 Å². The largest absolute Gasteiger partial charge is 0.505 e. The Morgan fingerprint density at radius 3 is 2.52 bits per heavy atom. The van der Waals surface area contributed by atoms with Crippen molar-refractivity contribution in [1.82, 2.24) is 4.98 Å². The van der Waals surface area contributed by atoms with Crippen LogP contribution in [0.1, 0.15) is 0 Å². The van der Waals surface area contributed by atoms with Crippen LogP contribution in [0.25, 0.3) is 10.9 Å². The van der Waals surface area contributed by atoms with E-state index in [0.717, 1.165) is 6.07 Å². The molecule has 0 unspecified atom stereocenters. The second-order valence-corrected chi connectivity index (χ2v) is 5.04. The number of hydrogen-bond donors (Lipinski definition) is 2. The molecular weight excluding hydrogens is 328 g/mol. The Labute approximate surface area is 140 Å². The van der Waals surface area contributed by atoms with Crippen LogP contribution in [0, 0.1) is 10.1 Å². The van der Waals surface area contributed by atoms with Gasteiger partial charge in [-0.25, -0.2) is 0 Å². The topological polar surface area (TPSA) is 130 Å². The summed E-state index contributed by atoms with van der Waals surface area (Å²) in [5.41, 5.74) is -0.497. The third-order valence-corrected chi connectivity index (χ3v) is 3.49. The molecule has 1 aromatic heterocycles. The molecule has 25 heavy (non-hydrogen) atoms. The zero-order valence-corrected chi connectivity index (χ0v) is 13.0. The van der Waals surface area contributed by atoms with Crippen LogP contribution < -0.4 is 10.3 Å². The number of nitro benzene ring substituents is 1. The lowest BCUT2D eigenvalue weighted by Crippen LogP contribution is -2.05. The van der Waals surface area contributed by atoms with Gasteiger partial charge in [0.05, 0.1) is 23.2 Å². The monoisotopic (exact) mass is 340 g/mol. The molecule has 3 rings (SSSR count). The van der Waals surface area contributed by atoms with Gasteiger partial charge in [-0.2, -0.15) is 5.11 Å². The predicted octanol–water partition coefficient (Wildman–Crippen LogP) is 3.57. The molecular formula is C16H12N4O5. The number of hydrogen-bond acceptors (Lipinski definition) is 7. The van der Waals surface area contributed by atoms with E-state index in [0.29, 0.717) is 11.4 Å². The molecule has 0 aliphatic heterocycles. The van der Waals surface area contributed by atoms with E-state index in [1.807, 2.05) is 0 Å². The second kappa shape index (κ2) is 6.40. The third-order valence-electron chi connectivity index (χ3n) is 3.49. The number of H-pyrrole nitrogens is 1. The van der Waals surface area contributed by atoms with Crippen LogP contribution in [0.15, 0.2) is 57.5 Å². The summed E-state index contributed by atoms with van der Waals surface area (Å²) in [5.74, 6) is 0.164. The maximum atomic E-state index is 12.1. The highest BCUT2D eigenvalue weighted by Gasteiger charge is 2.15. The van der Waals surface area contributed by atoms with Crippen LogP contribution in [0.5, 0.6) is 11.5 Å². The van der Waals surface area contributed by atoms with Crippen LogP contribution >= 0.6 is 0 Å². The van der Waals surface area contributed by atoms with Crippen molar-refractivity contribution >= 4 is 28.0 Å². The quantitative estimate of drug-likeness (QED) is 0.426. The van der Waals surface area contributed by atoms with E-state index in [9.17, 15) is 20.0 Å². The lowest BCUT2D eigenvalue weighted by atomic mass is 10.1. The van der Waals surface area contributed by atoms with E-state index >= 15 is 0 Å². The number of aromatic hydroxyl groups is 1. The molecule has 1 heterocycles. The first-order chi connectivity index (χ1) is 12.0. The molecule has 0 spiro atoms. The van der Waals surface area contributed by atoms with Crippen molar-refractivity contribution in [2.24, 2.45) is 10.2 Å². The van der Waals surface area contributed by atoms with Gasteiger partial charge in [0, 0.05) is 17.5 Å². The molecule has 126 valence electrons. The number of ether oxygens (including phenoxy) is 1. The summed E-state index contributed by atoms with van der Waals surface area (Å²) in [6.45, 7) is 0. The van der Waals surface area contributed by atoms with Crippen molar-refractivity contribution in [2.75, 3.05) is 7.11 Å². The molecule has 0 bridgehead atoms. The molecule has 0 amide bonds. The summed E-state index contributed by atoms with van der Waals surface area (Å²) < 4.78 is 5.03. The smallest absolute Gasteiger partial charge is 0.280 e. The first-order valence-corrected chi connectivity index (χ1v) is 7.09. The Hall–Kier alpha value is -3.75. The number of nitro groups is 1.